The van der Waals surface area contributed by atoms with E-state index in [2.05, 4.69) is 14.8 Å². The van der Waals surface area contributed by atoms with Crippen molar-refractivity contribution in [1.29, 1.82) is 0 Å². The number of Topliss-reactive ketones (excluding diaryl/α,β-unsaturated/α-hetero) is 1. The Balaban J connectivity index is 2.64. The summed E-state index contributed by atoms with van der Waals surface area (Å²) >= 11 is 0. The molecule has 0 heterocycles. The van der Waals surface area contributed by atoms with Gasteiger partial charge in [0.05, 0.1) is 4.90 Å². The van der Waals surface area contributed by atoms with E-state index in [1.54, 1.807) is 0 Å². The fourth-order valence-electron chi connectivity index (χ4n) is 1.39. The van der Waals surface area contributed by atoms with Crippen molar-refractivity contribution in [1.82, 2.24) is 4.72 Å². The van der Waals surface area contributed by atoms with Gasteiger partial charge >= 0.3 is 5.97 Å². The summed E-state index contributed by atoms with van der Waals surface area (Å²) in [5, 5.41) is 2.50. The van der Waals surface area contributed by atoms with Gasteiger partial charge in [-0.15, -0.1) is 0 Å². The molecular formula is C13H16N2O6S. The van der Waals surface area contributed by atoms with Crippen LogP contribution in [-0.4, -0.2) is 39.2 Å². The van der Waals surface area contributed by atoms with E-state index in [9.17, 15) is 22.8 Å². The molecule has 0 spiro atoms. The molecule has 2 N–H and O–H groups in total. The van der Waals surface area contributed by atoms with Gasteiger partial charge in [0.25, 0.3) is 0 Å². The molecule has 1 aromatic rings. The molecule has 0 unspecified atom stereocenters. The predicted molar refractivity (Wildman–Crippen MR) is 77.6 cm³/mol. The summed E-state index contributed by atoms with van der Waals surface area (Å²) in [7, 11) is -3.89. The lowest BCUT2D eigenvalue weighted by Gasteiger charge is -2.08. The minimum atomic E-state index is -3.89. The first-order valence-corrected chi connectivity index (χ1v) is 7.71. The van der Waals surface area contributed by atoms with Crippen LogP contribution in [0, 0.1) is 0 Å². The normalized spacial score (nSPS) is 10.8. The zero-order valence-corrected chi connectivity index (χ0v) is 12.9. The van der Waals surface area contributed by atoms with Crippen LogP contribution in [-0.2, 0) is 29.1 Å². The Labute approximate surface area is 127 Å². The Morgan fingerprint density at radius 3 is 2.18 bits per heavy atom. The quantitative estimate of drug-likeness (QED) is 0.683. The Hall–Kier alpha value is -2.26. The minimum Gasteiger partial charge on any atom is -0.457 e. The summed E-state index contributed by atoms with van der Waals surface area (Å²) in [6.45, 7) is 1.60. The maximum Gasteiger partial charge on any atom is 0.321 e. The van der Waals surface area contributed by atoms with Gasteiger partial charge in [-0.25, -0.2) is 8.42 Å². The van der Waals surface area contributed by atoms with E-state index in [1.807, 2.05) is 0 Å². The van der Waals surface area contributed by atoms with Crippen molar-refractivity contribution in [3.8, 4) is 0 Å². The lowest BCUT2D eigenvalue weighted by atomic mass is 10.3. The first-order chi connectivity index (χ1) is 10.2. The number of sulfonamides is 1. The number of carbonyl (C=O) groups is 3. The Morgan fingerprint density at radius 1 is 1.09 bits per heavy atom. The second-order valence-corrected chi connectivity index (χ2v) is 6.16. The highest BCUT2D eigenvalue weighted by atomic mass is 32.2. The number of hydrogen-bond donors (Lipinski definition) is 2. The monoisotopic (exact) mass is 328 g/mol. The van der Waals surface area contributed by atoms with E-state index < -0.39 is 29.1 Å². The third-order valence-corrected chi connectivity index (χ3v) is 3.75. The molecule has 0 saturated carbocycles. The Kier molecular flexibility index (Phi) is 6.20. The molecule has 0 aliphatic carbocycles. The van der Waals surface area contributed by atoms with Gasteiger partial charge in [0.15, 0.2) is 5.78 Å². The topological polar surface area (TPSA) is 119 Å². The van der Waals surface area contributed by atoms with Gasteiger partial charge in [-0.3, -0.25) is 14.4 Å². The highest BCUT2D eigenvalue weighted by Crippen LogP contribution is 2.13. The van der Waals surface area contributed by atoms with Crippen LogP contribution in [0.3, 0.4) is 0 Å². The SMILES string of the molecule is CC(=O)COC(=O)CNS(=O)(=O)c1ccc(NC(C)=O)cc1. The Morgan fingerprint density at radius 2 is 1.68 bits per heavy atom. The fraction of sp³-hybridized carbons (Fsp3) is 0.308. The summed E-state index contributed by atoms with van der Waals surface area (Å²) in [4.78, 5) is 32.7. The molecule has 0 radical (unpaired) electrons. The molecule has 9 heteroatoms. The van der Waals surface area contributed by atoms with Gasteiger partial charge in [0, 0.05) is 12.6 Å². The minimum absolute atomic E-state index is 0.0685. The van der Waals surface area contributed by atoms with Crippen molar-refractivity contribution in [2.75, 3.05) is 18.5 Å². The molecule has 0 aliphatic rings. The van der Waals surface area contributed by atoms with Crippen LogP contribution in [0.25, 0.3) is 0 Å². The van der Waals surface area contributed by atoms with Gasteiger partial charge in [-0.1, -0.05) is 0 Å². The number of benzene rings is 1. The van der Waals surface area contributed by atoms with E-state index in [-0.39, 0.29) is 16.6 Å². The van der Waals surface area contributed by atoms with Crippen LogP contribution in [0.5, 0.6) is 0 Å². The molecular weight excluding hydrogens is 312 g/mol. The number of nitrogens with one attached hydrogen (secondary N) is 2. The van der Waals surface area contributed by atoms with Gasteiger partial charge in [0.2, 0.25) is 15.9 Å². The molecule has 0 saturated heterocycles. The van der Waals surface area contributed by atoms with E-state index in [0.29, 0.717) is 5.69 Å². The van der Waals surface area contributed by atoms with Gasteiger partial charge < -0.3 is 10.1 Å². The van der Waals surface area contributed by atoms with Gasteiger partial charge in [-0.05, 0) is 31.2 Å². The van der Waals surface area contributed by atoms with Gasteiger partial charge in [-0.2, -0.15) is 4.72 Å². The molecule has 1 rings (SSSR count). The number of amides is 1. The van der Waals surface area contributed by atoms with Crippen molar-refractivity contribution in [2.45, 2.75) is 18.7 Å². The van der Waals surface area contributed by atoms with Crippen molar-refractivity contribution in [2.24, 2.45) is 0 Å². The number of anilines is 1. The predicted octanol–water partition coefficient (Wildman–Crippen LogP) is 0.0555. The van der Waals surface area contributed by atoms with E-state index in [1.165, 1.54) is 38.1 Å². The molecule has 0 fully saturated rings. The first kappa shape index (κ1) is 17.8. The third kappa shape index (κ3) is 6.02. The summed E-state index contributed by atoms with van der Waals surface area (Å²) in [5.41, 5.74) is 0.451. The van der Waals surface area contributed by atoms with Crippen LogP contribution in [0.15, 0.2) is 29.2 Å². The zero-order valence-electron chi connectivity index (χ0n) is 12.1. The average molecular weight is 328 g/mol. The summed E-state index contributed by atoms with van der Waals surface area (Å²) in [5.74, 6) is -1.47. The Bertz CT molecular complexity index is 666. The third-order valence-electron chi connectivity index (χ3n) is 2.33. The first-order valence-electron chi connectivity index (χ1n) is 6.23. The van der Waals surface area contributed by atoms with E-state index in [4.69, 9.17) is 0 Å². The zero-order chi connectivity index (χ0) is 16.8. The average Bonchev–Trinajstić information content (AvgIpc) is 2.43. The van der Waals surface area contributed by atoms with E-state index >= 15 is 0 Å². The largest absolute Gasteiger partial charge is 0.457 e. The fourth-order valence-corrected chi connectivity index (χ4v) is 2.36. The number of carbonyl (C=O) groups excluding carboxylic acids is 3. The van der Waals surface area contributed by atoms with Crippen LogP contribution in [0.4, 0.5) is 5.69 Å². The van der Waals surface area contributed by atoms with Gasteiger partial charge in [0.1, 0.15) is 13.2 Å². The molecule has 0 aliphatic heterocycles. The second-order valence-electron chi connectivity index (χ2n) is 4.39. The lowest BCUT2D eigenvalue weighted by molar-refractivity contribution is -0.146. The van der Waals surface area contributed by atoms with Crippen molar-refractivity contribution in [3.63, 3.8) is 0 Å². The van der Waals surface area contributed by atoms with E-state index in [0.717, 1.165) is 0 Å². The van der Waals surface area contributed by atoms with Crippen molar-refractivity contribution in [3.05, 3.63) is 24.3 Å². The highest BCUT2D eigenvalue weighted by molar-refractivity contribution is 7.89. The molecule has 0 atom stereocenters. The molecule has 1 aromatic carbocycles. The lowest BCUT2D eigenvalue weighted by Crippen LogP contribution is -2.31. The van der Waals surface area contributed by atoms with Crippen LogP contribution >= 0.6 is 0 Å². The smallest absolute Gasteiger partial charge is 0.321 e. The van der Waals surface area contributed by atoms with Crippen LogP contribution in [0.2, 0.25) is 0 Å². The number of hydrogen-bond acceptors (Lipinski definition) is 6. The maximum atomic E-state index is 11.9. The second kappa shape index (κ2) is 7.66. The molecule has 1 amide bonds. The van der Waals surface area contributed by atoms with Crippen LogP contribution < -0.4 is 10.0 Å². The van der Waals surface area contributed by atoms with Crippen LogP contribution in [0.1, 0.15) is 13.8 Å². The highest BCUT2D eigenvalue weighted by Gasteiger charge is 2.16. The molecule has 22 heavy (non-hydrogen) atoms. The molecule has 8 nitrogen and oxygen atoms in total. The number of rotatable bonds is 7. The van der Waals surface area contributed by atoms with Crippen molar-refractivity contribution >= 4 is 33.4 Å². The molecule has 0 bridgehead atoms. The summed E-state index contributed by atoms with van der Waals surface area (Å²) in [6, 6.07) is 5.41. The standard InChI is InChI=1S/C13H16N2O6S/c1-9(16)8-21-13(18)7-14-22(19,20)12-5-3-11(4-6-12)15-10(2)17/h3-6,14H,7-8H2,1-2H3,(H,15,17). The summed E-state index contributed by atoms with van der Waals surface area (Å²) in [6.07, 6.45) is 0. The number of ether oxygens (including phenoxy) is 1. The maximum absolute atomic E-state index is 11.9. The van der Waals surface area contributed by atoms with Crippen molar-refractivity contribution < 1.29 is 27.5 Å². The summed E-state index contributed by atoms with van der Waals surface area (Å²) < 4.78 is 30.5. The number of ketones is 1. The molecule has 120 valence electrons. The number of esters is 1. The molecule has 0 aromatic heterocycles.